The van der Waals surface area contributed by atoms with E-state index in [1.165, 1.54) is 0 Å². The Kier molecular flexibility index (Phi) is 9.47. The van der Waals surface area contributed by atoms with Crippen molar-refractivity contribution in [2.75, 3.05) is 45.1 Å². The number of β-amino-alcohol motifs (C(OH)–C–C–N with tert-alkyl or cyclic N) is 1. The molecule has 3 atom stereocenters. The summed E-state index contributed by atoms with van der Waals surface area (Å²) in [6.07, 6.45) is 7.40. The molecule has 3 aliphatic rings. The lowest BCUT2D eigenvalue weighted by molar-refractivity contribution is -0.0821. The average molecular weight is 672 g/mol. The molecule has 258 valence electrons. The van der Waals surface area contributed by atoms with Crippen LogP contribution in [-0.2, 0) is 24.8 Å². The van der Waals surface area contributed by atoms with E-state index in [4.69, 9.17) is 10.5 Å². The minimum absolute atomic E-state index is 0.0823. The van der Waals surface area contributed by atoms with Crippen molar-refractivity contribution >= 4 is 11.7 Å². The van der Waals surface area contributed by atoms with Crippen LogP contribution < -0.4 is 11.1 Å². The number of hydrogen-bond acceptors (Lipinski definition) is 8. The van der Waals surface area contributed by atoms with Crippen molar-refractivity contribution in [2.45, 2.75) is 56.4 Å². The monoisotopic (exact) mass is 671 g/mol. The van der Waals surface area contributed by atoms with E-state index in [0.29, 0.717) is 56.0 Å². The molecule has 49 heavy (non-hydrogen) atoms. The Hall–Kier alpha value is -4.23. The Morgan fingerprint density at radius 3 is 2.53 bits per heavy atom. The van der Waals surface area contributed by atoms with E-state index in [-0.39, 0.29) is 36.9 Å². The molecule has 10 nitrogen and oxygen atoms in total. The zero-order valence-corrected chi connectivity index (χ0v) is 27.7. The van der Waals surface area contributed by atoms with Gasteiger partial charge in [-0.05, 0) is 53.1 Å². The van der Waals surface area contributed by atoms with E-state index in [9.17, 15) is 9.90 Å². The van der Waals surface area contributed by atoms with Crippen molar-refractivity contribution in [1.29, 1.82) is 0 Å². The number of nitrogens with two attached hydrogens (primary N) is 1. The molecule has 4 N–H and O–H groups in total. The van der Waals surface area contributed by atoms with Crippen LogP contribution in [0, 0.1) is 0 Å². The number of carbonyl (C=O) groups excluding carboxylic acids is 1. The van der Waals surface area contributed by atoms with Crippen molar-refractivity contribution in [3.63, 3.8) is 0 Å². The van der Waals surface area contributed by atoms with Crippen LogP contribution in [0.3, 0.4) is 0 Å². The Labute approximate surface area is 284 Å². The topological polar surface area (TPSA) is 122 Å². The number of carbonyl (C=O) groups is 1. The molecule has 2 aromatic heterocycles. The van der Waals surface area contributed by atoms with E-state index in [0.717, 1.165) is 47.1 Å². The number of rotatable bonds is 10. The molecule has 0 unspecified atom stereocenters. The van der Waals surface area contributed by atoms with Gasteiger partial charge < -0.3 is 20.9 Å². The first kappa shape index (κ1) is 33.3. The lowest BCUT2D eigenvalue weighted by Gasteiger charge is -2.39. The fourth-order valence-corrected chi connectivity index (χ4v) is 7.55. The Morgan fingerprint density at radius 2 is 1.80 bits per heavy atom. The summed E-state index contributed by atoms with van der Waals surface area (Å²) in [7, 11) is 1.83. The van der Waals surface area contributed by atoms with E-state index in [1.54, 1.807) is 23.1 Å². The molecule has 2 aromatic carbocycles. The molecule has 0 bridgehead atoms. The number of ether oxygens (including phenoxy) is 1. The van der Waals surface area contributed by atoms with Crippen LogP contribution in [0.4, 0.5) is 14.6 Å². The largest absolute Gasteiger partial charge is 0.395 e. The number of aliphatic hydroxyl groups excluding tert-OH is 1. The number of hydrogen-bond donors (Lipinski definition) is 3. The summed E-state index contributed by atoms with van der Waals surface area (Å²) in [5.74, 6) is -2.93. The van der Waals surface area contributed by atoms with Gasteiger partial charge in [-0.2, -0.15) is 5.10 Å². The molecular weight excluding hydrogens is 628 g/mol. The third kappa shape index (κ3) is 7.09. The molecule has 12 heteroatoms. The second-order valence-electron chi connectivity index (χ2n) is 13.5. The Bertz CT molecular complexity index is 1790. The summed E-state index contributed by atoms with van der Waals surface area (Å²) in [5.41, 5.74) is 12.3. The number of nitrogens with one attached hydrogen (secondary N) is 1. The average Bonchev–Trinajstić information content (AvgIpc) is 3.80. The predicted octanol–water partition coefficient (Wildman–Crippen LogP) is 4.44. The number of anilines is 1. The lowest BCUT2D eigenvalue weighted by Crippen LogP contribution is -2.51. The molecule has 4 aromatic rings. The van der Waals surface area contributed by atoms with Gasteiger partial charge in [0, 0.05) is 69.7 Å². The predicted molar refractivity (Wildman–Crippen MR) is 183 cm³/mol. The number of nitrogen functional groups attached to an aromatic ring is 1. The van der Waals surface area contributed by atoms with Gasteiger partial charge in [0.15, 0.2) is 0 Å². The molecule has 7 rings (SSSR count). The quantitative estimate of drug-likeness (QED) is 0.226. The zero-order valence-electron chi connectivity index (χ0n) is 27.7. The molecule has 1 saturated carbocycles. The highest BCUT2D eigenvalue weighted by Gasteiger charge is 2.50. The molecule has 0 radical (unpaired) electrons. The van der Waals surface area contributed by atoms with E-state index in [1.807, 2.05) is 60.6 Å². The van der Waals surface area contributed by atoms with Gasteiger partial charge in [0.1, 0.15) is 5.82 Å². The number of amides is 1. The van der Waals surface area contributed by atoms with E-state index < -0.39 is 12.0 Å². The maximum atomic E-state index is 15.4. The molecular formula is C37H43F2N7O3. The molecule has 1 saturated heterocycles. The van der Waals surface area contributed by atoms with E-state index in [2.05, 4.69) is 20.3 Å². The summed E-state index contributed by atoms with van der Waals surface area (Å²) < 4.78 is 38.7. The minimum Gasteiger partial charge on any atom is -0.395 e. The number of aryl methyl sites for hydroxylation is 1. The van der Waals surface area contributed by atoms with Crippen molar-refractivity contribution < 1.29 is 23.4 Å². The maximum absolute atomic E-state index is 15.4. The van der Waals surface area contributed by atoms with Crippen LogP contribution in [0.25, 0.3) is 22.3 Å². The fourth-order valence-electron chi connectivity index (χ4n) is 7.55. The SMILES string of the molecule is Cn1cc(-c2cnc(N)c(C(=O)N[C@H]3CCC[C@@H]3OCc3ccc(-c4ccc5c(c4)CC(F)(F)[C@@H]5N4CCN(CCO)CC4)cc3)c2)cn1. The van der Waals surface area contributed by atoms with Gasteiger partial charge >= 0.3 is 0 Å². The van der Waals surface area contributed by atoms with Gasteiger partial charge in [-0.3, -0.25) is 19.3 Å². The van der Waals surface area contributed by atoms with Gasteiger partial charge in [-0.1, -0.05) is 42.5 Å². The normalized spacial score (nSPS) is 22.3. The number of aliphatic hydroxyl groups is 1. The molecule has 1 amide bonds. The number of benzene rings is 2. The van der Waals surface area contributed by atoms with Gasteiger partial charge in [0.05, 0.1) is 43.2 Å². The van der Waals surface area contributed by atoms with Gasteiger partial charge in [-0.25, -0.2) is 13.8 Å². The number of nitrogens with zero attached hydrogens (tertiary/aromatic N) is 5. The van der Waals surface area contributed by atoms with E-state index >= 15 is 8.78 Å². The lowest BCUT2D eigenvalue weighted by atomic mass is 9.98. The summed E-state index contributed by atoms with van der Waals surface area (Å²) >= 11 is 0. The van der Waals surface area contributed by atoms with Gasteiger partial charge in [0.2, 0.25) is 0 Å². The third-order valence-corrected chi connectivity index (χ3v) is 10.2. The number of halogens is 2. The first-order chi connectivity index (χ1) is 23.7. The zero-order chi connectivity index (χ0) is 34.1. The number of pyridine rings is 1. The number of fused-ring (bicyclic) bond motifs is 1. The van der Waals surface area contributed by atoms with Crippen LogP contribution in [0.15, 0.2) is 67.1 Å². The second-order valence-corrected chi connectivity index (χ2v) is 13.5. The van der Waals surface area contributed by atoms with Gasteiger partial charge in [0.25, 0.3) is 11.8 Å². The van der Waals surface area contributed by atoms with Crippen LogP contribution in [0.5, 0.6) is 0 Å². The highest BCUT2D eigenvalue weighted by Crippen LogP contribution is 2.48. The summed E-state index contributed by atoms with van der Waals surface area (Å²) in [6.45, 7) is 3.54. The molecule has 2 fully saturated rings. The number of piperazine rings is 1. The third-order valence-electron chi connectivity index (χ3n) is 10.2. The molecule has 0 spiro atoms. The van der Waals surface area contributed by atoms with Crippen LogP contribution in [0.1, 0.15) is 52.4 Å². The first-order valence-corrected chi connectivity index (χ1v) is 17.0. The first-order valence-electron chi connectivity index (χ1n) is 17.0. The van der Waals surface area contributed by atoms with Crippen LogP contribution >= 0.6 is 0 Å². The molecule has 2 aliphatic carbocycles. The Morgan fingerprint density at radius 1 is 1.02 bits per heavy atom. The summed E-state index contributed by atoms with van der Waals surface area (Å²) in [4.78, 5) is 21.5. The van der Waals surface area contributed by atoms with Crippen LogP contribution in [-0.4, -0.2) is 93.0 Å². The highest BCUT2D eigenvalue weighted by molar-refractivity contribution is 5.99. The highest BCUT2D eigenvalue weighted by atomic mass is 19.3. The van der Waals surface area contributed by atoms with Crippen LogP contribution in [0.2, 0.25) is 0 Å². The maximum Gasteiger partial charge on any atom is 0.271 e. The fraction of sp³-hybridized carbons (Fsp3) is 0.432. The van der Waals surface area contributed by atoms with Gasteiger partial charge in [-0.15, -0.1) is 0 Å². The van der Waals surface area contributed by atoms with Crippen molar-refractivity contribution in [1.82, 2.24) is 29.9 Å². The number of aromatic nitrogens is 3. The Balaban J connectivity index is 0.963. The smallest absolute Gasteiger partial charge is 0.271 e. The minimum atomic E-state index is -2.83. The van der Waals surface area contributed by atoms with Crippen molar-refractivity contribution in [3.05, 3.63) is 89.4 Å². The standard InChI is InChI=1S/C37H43F2N7O3/c1-44-22-29(21-42-44)28-18-31(35(40)41-20-28)36(48)43-32-3-2-4-33(32)49-23-24-5-7-25(8-6-24)26-9-10-30-27(17-26)19-37(38,39)34(30)46-13-11-45(12-14-46)15-16-47/h5-10,17-18,20-22,32-34,47H,2-4,11-16,19,23H2,1H3,(H2,40,41)(H,43,48)/t32-,33-,34+/m0/s1. The summed E-state index contributed by atoms with van der Waals surface area (Å²) in [6, 6.07) is 14.4. The number of alkyl halides is 2. The molecule has 3 heterocycles. The van der Waals surface area contributed by atoms with Crippen molar-refractivity contribution in [3.8, 4) is 22.3 Å². The molecule has 1 aliphatic heterocycles. The summed E-state index contributed by atoms with van der Waals surface area (Å²) in [5, 5.41) is 16.5. The van der Waals surface area contributed by atoms with Crippen molar-refractivity contribution in [2.24, 2.45) is 7.05 Å². The second kappa shape index (κ2) is 13.9.